The third-order valence-electron chi connectivity index (χ3n) is 3.48. The van der Waals surface area contributed by atoms with E-state index in [0.717, 1.165) is 22.0 Å². The van der Waals surface area contributed by atoms with Crippen LogP contribution in [-0.4, -0.2) is 23.4 Å². The Hall–Kier alpha value is -1.36. The molecule has 3 rings (SSSR count). The monoisotopic (exact) mass is 277 g/mol. The zero-order valence-corrected chi connectivity index (χ0v) is 11.3. The fourth-order valence-corrected chi connectivity index (χ4v) is 2.90. The van der Waals surface area contributed by atoms with Gasteiger partial charge in [-0.05, 0) is 30.5 Å². The molecule has 0 saturated heterocycles. The van der Waals surface area contributed by atoms with Crippen LogP contribution < -0.4 is 0 Å². The van der Waals surface area contributed by atoms with E-state index in [1.165, 1.54) is 6.92 Å². The molecule has 0 spiro atoms. The Morgan fingerprint density at radius 2 is 2.37 bits per heavy atom. The maximum atomic E-state index is 11.1. The Kier molecular flexibility index (Phi) is 3.09. The van der Waals surface area contributed by atoms with Crippen LogP contribution in [0.25, 0.3) is 16.6 Å². The molecule has 1 aromatic carbocycles. The predicted octanol–water partition coefficient (Wildman–Crippen LogP) is 3.44. The number of Topliss-reactive ketones (excluding diaryl/α,β-unsaturated/α-hetero) is 1. The van der Waals surface area contributed by atoms with E-state index in [4.69, 9.17) is 22.1 Å². The number of hydrogen-bond acceptors (Lipinski definition) is 2. The van der Waals surface area contributed by atoms with Crippen molar-refractivity contribution in [3.63, 3.8) is 0 Å². The van der Waals surface area contributed by atoms with Crippen LogP contribution in [0, 0.1) is 0 Å². The van der Waals surface area contributed by atoms with Crippen LogP contribution in [0.4, 0.5) is 0 Å². The second kappa shape index (κ2) is 4.63. The van der Waals surface area contributed by atoms with Gasteiger partial charge in [0.1, 0.15) is 6.61 Å². The van der Waals surface area contributed by atoms with Gasteiger partial charge in [-0.15, -0.1) is 6.04 Å². The summed E-state index contributed by atoms with van der Waals surface area (Å²) in [7, 11) is 0. The van der Waals surface area contributed by atoms with Gasteiger partial charge >= 0.3 is 0 Å². The van der Waals surface area contributed by atoms with Crippen molar-refractivity contribution in [3.05, 3.63) is 40.2 Å². The van der Waals surface area contributed by atoms with Crippen LogP contribution in [0.1, 0.15) is 24.2 Å². The molecule has 1 aliphatic carbocycles. The summed E-state index contributed by atoms with van der Waals surface area (Å²) in [6, 6.07) is 3.31. The van der Waals surface area contributed by atoms with E-state index in [-0.39, 0.29) is 18.5 Å². The SMILES string of the molecule is CC(=O)COC1c2ccc(Cl)c3[nH]cc(c23)CC1[NH-]. The molecule has 2 aromatic rings. The number of benzene rings is 1. The van der Waals surface area contributed by atoms with Crippen LogP contribution in [0.5, 0.6) is 0 Å². The third kappa shape index (κ3) is 2.06. The lowest BCUT2D eigenvalue weighted by Crippen LogP contribution is -2.25. The fraction of sp³-hybridized carbons (Fsp3) is 0.357. The third-order valence-corrected chi connectivity index (χ3v) is 3.79. The molecular weight excluding hydrogens is 264 g/mol. The second-order valence-electron chi connectivity index (χ2n) is 4.94. The second-order valence-corrected chi connectivity index (χ2v) is 5.35. The molecule has 0 radical (unpaired) electrons. The van der Waals surface area contributed by atoms with Crippen molar-refractivity contribution in [3.8, 4) is 0 Å². The number of ketones is 1. The van der Waals surface area contributed by atoms with Gasteiger partial charge in [0.2, 0.25) is 0 Å². The average Bonchev–Trinajstić information content (AvgIpc) is 2.77. The lowest BCUT2D eigenvalue weighted by molar-refractivity contribution is -0.123. The molecule has 1 heterocycles. The number of H-pyrrole nitrogens is 1. The quantitative estimate of drug-likeness (QED) is 0.934. The average molecular weight is 278 g/mol. The molecule has 1 aliphatic rings. The Labute approximate surface area is 115 Å². The molecule has 0 bridgehead atoms. The minimum Gasteiger partial charge on any atom is -0.672 e. The standard InChI is InChI=1S/C14H14ClN2O2/c1-7(18)6-19-14-9-2-3-10(15)13-12(9)8(5-17-13)4-11(14)16/h2-3,5,11,14,16-17H,4,6H2,1H3/q-1. The largest absolute Gasteiger partial charge is 0.672 e. The lowest BCUT2D eigenvalue weighted by atomic mass is 9.87. The van der Waals surface area contributed by atoms with Gasteiger partial charge in [0.25, 0.3) is 0 Å². The maximum absolute atomic E-state index is 11.1. The van der Waals surface area contributed by atoms with E-state index in [9.17, 15) is 4.79 Å². The van der Waals surface area contributed by atoms with Gasteiger partial charge in [-0.3, -0.25) is 4.79 Å². The number of aromatic amines is 1. The molecule has 100 valence electrons. The molecule has 0 saturated carbocycles. The van der Waals surface area contributed by atoms with Crippen LogP contribution >= 0.6 is 11.6 Å². The summed E-state index contributed by atoms with van der Waals surface area (Å²) in [6.07, 6.45) is 2.14. The van der Waals surface area contributed by atoms with Gasteiger partial charge in [-0.2, -0.15) is 0 Å². The van der Waals surface area contributed by atoms with Gasteiger partial charge in [0.05, 0.1) is 16.6 Å². The van der Waals surface area contributed by atoms with Crippen molar-refractivity contribution in [2.24, 2.45) is 0 Å². The number of nitrogens with one attached hydrogen (secondary N) is 2. The minimum atomic E-state index is -0.396. The summed E-state index contributed by atoms with van der Waals surface area (Å²) in [6.45, 7) is 1.53. The zero-order valence-electron chi connectivity index (χ0n) is 10.5. The first-order valence-electron chi connectivity index (χ1n) is 6.18. The van der Waals surface area contributed by atoms with E-state index in [0.29, 0.717) is 11.4 Å². The summed E-state index contributed by atoms with van der Waals surface area (Å²) >= 11 is 6.16. The van der Waals surface area contributed by atoms with E-state index in [1.54, 1.807) is 0 Å². The summed E-state index contributed by atoms with van der Waals surface area (Å²) in [5, 5.41) is 1.71. The van der Waals surface area contributed by atoms with Crippen molar-refractivity contribution in [1.29, 1.82) is 0 Å². The number of rotatable bonds is 3. The Bertz CT molecular complexity index is 650. The molecule has 2 N–H and O–H groups in total. The zero-order chi connectivity index (χ0) is 13.6. The Balaban J connectivity index is 2.08. The number of halogens is 1. The highest BCUT2D eigenvalue weighted by atomic mass is 35.5. The van der Waals surface area contributed by atoms with Gasteiger partial charge in [-0.25, -0.2) is 0 Å². The molecule has 0 aliphatic heterocycles. The van der Waals surface area contributed by atoms with Crippen molar-refractivity contribution >= 4 is 28.3 Å². The number of carbonyl (C=O) groups is 1. The molecule has 0 amide bonds. The first-order chi connectivity index (χ1) is 9.08. The van der Waals surface area contributed by atoms with Crippen LogP contribution in [0.2, 0.25) is 5.02 Å². The molecule has 2 unspecified atom stereocenters. The van der Waals surface area contributed by atoms with E-state index < -0.39 is 6.04 Å². The molecule has 4 nitrogen and oxygen atoms in total. The van der Waals surface area contributed by atoms with E-state index >= 15 is 0 Å². The van der Waals surface area contributed by atoms with Crippen LogP contribution in [0.3, 0.4) is 0 Å². The summed E-state index contributed by atoms with van der Waals surface area (Å²) in [5.41, 5.74) is 11.1. The van der Waals surface area contributed by atoms with Crippen molar-refractivity contribution in [1.82, 2.24) is 4.98 Å². The normalized spacial score (nSPS) is 21.8. The molecule has 0 fully saturated rings. The first kappa shape index (κ1) is 12.7. The van der Waals surface area contributed by atoms with Gasteiger partial charge in [0, 0.05) is 11.6 Å². The van der Waals surface area contributed by atoms with E-state index in [2.05, 4.69) is 4.98 Å². The van der Waals surface area contributed by atoms with Crippen LogP contribution in [-0.2, 0) is 16.0 Å². The van der Waals surface area contributed by atoms with Crippen molar-refractivity contribution < 1.29 is 9.53 Å². The highest BCUT2D eigenvalue weighted by molar-refractivity contribution is 6.35. The number of hydrogen-bond donors (Lipinski definition) is 1. The maximum Gasteiger partial charge on any atom is 0.155 e. The minimum absolute atomic E-state index is 0.0303. The Morgan fingerprint density at radius 3 is 3.11 bits per heavy atom. The molecule has 2 atom stereocenters. The van der Waals surface area contributed by atoms with Gasteiger partial charge in [-0.1, -0.05) is 17.7 Å². The molecule has 1 aromatic heterocycles. The summed E-state index contributed by atoms with van der Waals surface area (Å²) in [4.78, 5) is 14.2. The van der Waals surface area contributed by atoms with Crippen LogP contribution in [0.15, 0.2) is 18.3 Å². The smallest absolute Gasteiger partial charge is 0.155 e. The first-order valence-corrected chi connectivity index (χ1v) is 6.56. The summed E-state index contributed by atoms with van der Waals surface area (Å²) in [5.74, 6) is -0.0303. The number of aromatic nitrogens is 1. The number of carbonyl (C=O) groups excluding carboxylic acids is 1. The van der Waals surface area contributed by atoms with Crippen molar-refractivity contribution in [2.45, 2.75) is 25.5 Å². The fourth-order valence-electron chi connectivity index (χ4n) is 2.68. The Morgan fingerprint density at radius 1 is 1.58 bits per heavy atom. The predicted molar refractivity (Wildman–Crippen MR) is 74.5 cm³/mol. The van der Waals surface area contributed by atoms with Gasteiger partial charge < -0.3 is 15.5 Å². The highest BCUT2D eigenvalue weighted by Crippen LogP contribution is 2.40. The molecule has 5 heteroatoms. The molecular formula is C14H14ClN2O2-. The lowest BCUT2D eigenvalue weighted by Gasteiger charge is -2.35. The van der Waals surface area contributed by atoms with Crippen molar-refractivity contribution in [2.75, 3.05) is 6.61 Å². The number of ether oxygens (including phenoxy) is 1. The van der Waals surface area contributed by atoms with Gasteiger partial charge in [0.15, 0.2) is 5.78 Å². The molecule has 19 heavy (non-hydrogen) atoms. The van der Waals surface area contributed by atoms with E-state index in [1.807, 2.05) is 18.3 Å². The highest BCUT2D eigenvalue weighted by Gasteiger charge is 2.26. The summed E-state index contributed by atoms with van der Waals surface area (Å²) < 4.78 is 5.62. The topological polar surface area (TPSA) is 65.9 Å².